The van der Waals surface area contributed by atoms with E-state index in [0.29, 0.717) is 16.7 Å². The number of rotatable bonds is 5. The summed E-state index contributed by atoms with van der Waals surface area (Å²) in [4.78, 5) is 31.9. The minimum atomic E-state index is -0.345. The van der Waals surface area contributed by atoms with E-state index in [2.05, 4.69) is 25.9 Å². The lowest BCUT2D eigenvalue weighted by atomic mass is 9.96. The number of urea groups is 1. The first-order valence-corrected chi connectivity index (χ1v) is 10.1. The molecule has 1 aliphatic carbocycles. The Morgan fingerprint density at radius 2 is 1.80 bits per heavy atom. The van der Waals surface area contributed by atoms with Crippen LogP contribution in [-0.2, 0) is 0 Å². The van der Waals surface area contributed by atoms with Crippen molar-refractivity contribution in [1.29, 1.82) is 0 Å². The minimum absolute atomic E-state index is 0.198. The van der Waals surface area contributed by atoms with Gasteiger partial charge in [0.05, 0.1) is 18.1 Å². The molecule has 0 aliphatic heterocycles. The van der Waals surface area contributed by atoms with Crippen LogP contribution in [0.25, 0.3) is 11.0 Å². The lowest BCUT2D eigenvalue weighted by Crippen LogP contribution is -2.39. The Bertz CT molecular complexity index is 1090. The zero-order valence-electron chi connectivity index (χ0n) is 16.8. The molecule has 1 heterocycles. The van der Waals surface area contributed by atoms with E-state index in [1.807, 2.05) is 12.1 Å². The molecule has 0 atom stereocenters. The Balaban J connectivity index is 1.47. The lowest BCUT2D eigenvalue weighted by Gasteiger charge is -2.22. The van der Waals surface area contributed by atoms with E-state index in [-0.39, 0.29) is 23.5 Å². The van der Waals surface area contributed by atoms with Gasteiger partial charge in [0.1, 0.15) is 5.75 Å². The van der Waals surface area contributed by atoms with Crippen LogP contribution in [0.2, 0.25) is 0 Å². The maximum Gasteiger partial charge on any atom is 0.319 e. The van der Waals surface area contributed by atoms with E-state index in [9.17, 15) is 9.59 Å². The van der Waals surface area contributed by atoms with Gasteiger partial charge in [0, 0.05) is 17.4 Å². The van der Waals surface area contributed by atoms with Crippen LogP contribution in [0.3, 0.4) is 0 Å². The molecule has 0 unspecified atom stereocenters. The predicted octanol–water partition coefficient (Wildman–Crippen LogP) is 4.13. The van der Waals surface area contributed by atoms with Gasteiger partial charge in [-0.3, -0.25) is 4.79 Å². The number of hydrogen-bond donors (Lipinski definition) is 4. The molecule has 4 rings (SSSR count). The molecule has 0 bridgehead atoms. The van der Waals surface area contributed by atoms with E-state index >= 15 is 0 Å². The van der Waals surface area contributed by atoms with Gasteiger partial charge >= 0.3 is 6.03 Å². The number of nitrogens with zero attached hydrogens (tertiary/aromatic N) is 1. The third kappa shape index (κ3) is 4.71. The lowest BCUT2D eigenvalue weighted by molar-refractivity contribution is 0.244. The highest BCUT2D eigenvalue weighted by Crippen LogP contribution is 2.20. The van der Waals surface area contributed by atoms with Crippen molar-refractivity contribution in [2.24, 2.45) is 0 Å². The molecule has 8 heteroatoms. The van der Waals surface area contributed by atoms with Crippen LogP contribution in [0.15, 0.2) is 47.3 Å². The third-order valence-corrected chi connectivity index (χ3v) is 5.24. The van der Waals surface area contributed by atoms with Gasteiger partial charge in [-0.2, -0.15) is 0 Å². The number of nitrogens with one attached hydrogen (secondary N) is 4. The average Bonchev–Trinajstić information content (AvgIpc) is 2.75. The Morgan fingerprint density at radius 1 is 1.07 bits per heavy atom. The Hall–Kier alpha value is -3.55. The zero-order valence-corrected chi connectivity index (χ0v) is 16.8. The summed E-state index contributed by atoms with van der Waals surface area (Å²) in [6.45, 7) is 0. The predicted molar refractivity (Wildman–Crippen MR) is 118 cm³/mol. The van der Waals surface area contributed by atoms with Crippen molar-refractivity contribution in [3.05, 3.63) is 52.8 Å². The second-order valence-electron chi connectivity index (χ2n) is 7.43. The first-order chi connectivity index (χ1) is 14.6. The van der Waals surface area contributed by atoms with Crippen LogP contribution in [0.5, 0.6) is 5.75 Å². The molecule has 1 aromatic heterocycles. The van der Waals surface area contributed by atoms with Gasteiger partial charge in [-0.15, -0.1) is 0 Å². The number of aromatic nitrogens is 2. The summed E-state index contributed by atoms with van der Waals surface area (Å²) < 4.78 is 5.14. The van der Waals surface area contributed by atoms with Gasteiger partial charge in [0.15, 0.2) is 5.82 Å². The van der Waals surface area contributed by atoms with Crippen LogP contribution in [-0.4, -0.2) is 29.2 Å². The molecule has 156 valence electrons. The van der Waals surface area contributed by atoms with E-state index in [4.69, 9.17) is 4.74 Å². The van der Waals surface area contributed by atoms with Crippen molar-refractivity contribution in [1.82, 2.24) is 15.3 Å². The summed E-state index contributed by atoms with van der Waals surface area (Å²) in [5.41, 5.74) is 2.15. The van der Waals surface area contributed by atoms with Gasteiger partial charge in [0.25, 0.3) is 5.56 Å². The monoisotopic (exact) mass is 407 g/mol. The fraction of sp³-hybridized carbons (Fsp3) is 0.318. The second-order valence-corrected chi connectivity index (χ2v) is 7.43. The molecule has 4 N–H and O–H groups in total. The first-order valence-electron chi connectivity index (χ1n) is 10.1. The largest absolute Gasteiger partial charge is 0.497 e. The first kappa shape index (κ1) is 19.8. The SMILES string of the molecule is COc1ccc(Nc2nc3ccc(NC(=O)NC4CCCCC4)cc3[nH]c2=O)cc1. The topological polar surface area (TPSA) is 108 Å². The number of aromatic amines is 1. The third-order valence-electron chi connectivity index (χ3n) is 5.24. The number of H-pyrrole nitrogens is 1. The van der Waals surface area contributed by atoms with Crippen LogP contribution in [0.1, 0.15) is 32.1 Å². The molecule has 0 saturated heterocycles. The molecule has 0 spiro atoms. The summed E-state index contributed by atoms with van der Waals surface area (Å²) in [5, 5.41) is 8.87. The normalized spacial score (nSPS) is 14.3. The van der Waals surface area contributed by atoms with Crippen molar-refractivity contribution in [3.63, 3.8) is 0 Å². The fourth-order valence-corrected chi connectivity index (χ4v) is 3.66. The maximum atomic E-state index is 12.5. The molecule has 3 aromatic rings. The van der Waals surface area contributed by atoms with E-state index in [0.717, 1.165) is 37.1 Å². The molecule has 30 heavy (non-hydrogen) atoms. The molecule has 8 nitrogen and oxygen atoms in total. The second kappa shape index (κ2) is 8.86. The molecule has 2 amide bonds. The molecule has 0 radical (unpaired) electrons. The smallest absolute Gasteiger partial charge is 0.319 e. The van der Waals surface area contributed by atoms with Gasteiger partial charge in [-0.05, 0) is 55.3 Å². The summed E-state index contributed by atoms with van der Waals surface area (Å²) in [5.74, 6) is 0.928. The number of amides is 2. The minimum Gasteiger partial charge on any atom is -0.497 e. The highest BCUT2D eigenvalue weighted by atomic mass is 16.5. The van der Waals surface area contributed by atoms with Crippen LogP contribution in [0.4, 0.5) is 22.0 Å². The summed E-state index contributed by atoms with van der Waals surface area (Å²) in [6.07, 6.45) is 5.58. The number of ether oxygens (including phenoxy) is 1. The van der Waals surface area contributed by atoms with Crippen molar-refractivity contribution < 1.29 is 9.53 Å². The Kier molecular flexibility index (Phi) is 5.83. The Labute approximate surface area is 174 Å². The molecule has 1 fully saturated rings. The molecular weight excluding hydrogens is 382 g/mol. The van der Waals surface area contributed by atoms with Crippen LogP contribution in [0, 0.1) is 0 Å². The number of carbonyl (C=O) groups is 1. The number of anilines is 3. The number of fused-ring (bicyclic) bond motifs is 1. The fourth-order valence-electron chi connectivity index (χ4n) is 3.66. The maximum absolute atomic E-state index is 12.5. The Morgan fingerprint density at radius 3 is 2.53 bits per heavy atom. The zero-order chi connectivity index (χ0) is 20.9. The average molecular weight is 407 g/mol. The van der Waals surface area contributed by atoms with Crippen molar-refractivity contribution in [2.75, 3.05) is 17.7 Å². The highest BCUT2D eigenvalue weighted by molar-refractivity contribution is 5.92. The standard InChI is InChI=1S/C22H25N5O3/c1-30-17-10-7-15(8-11-17)23-20-21(28)27-19-13-16(9-12-18(19)26-20)25-22(29)24-14-5-3-2-4-6-14/h7-14H,2-6H2,1H3,(H,23,26)(H,27,28)(H2,24,25,29). The number of carbonyl (C=O) groups excluding carboxylic acids is 1. The van der Waals surface area contributed by atoms with Gasteiger partial charge in [0.2, 0.25) is 0 Å². The highest BCUT2D eigenvalue weighted by Gasteiger charge is 2.15. The van der Waals surface area contributed by atoms with E-state index in [1.165, 1.54) is 6.42 Å². The van der Waals surface area contributed by atoms with Gasteiger partial charge in [-0.25, -0.2) is 9.78 Å². The molecule has 2 aromatic carbocycles. The molecule has 1 aliphatic rings. The number of methoxy groups -OCH3 is 1. The molecule has 1 saturated carbocycles. The number of benzene rings is 2. The quantitative estimate of drug-likeness (QED) is 0.509. The number of hydrogen-bond acceptors (Lipinski definition) is 5. The van der Waals surface area contributed by atoms with Crippen molar-refractivity contribution in [2.45, 2.75) is 38.1 Å². The van der Waals surface area contributed by atoms with Gasteiger partial charge in [-0.1, -0.05) is 19.3 Å². The summed E-state index contributed by atoms with van der Waals surface area (Å²) in [7, 11) is 1.60. The van der Waals surface area contributed by atoms with Crippen LogP contribution >= 0.6 is 0 Å². The van der Waals surface area contributed by atoms with E-state index < -0.39 is 0 Å². The van der Waals surface area contributed by atoms with Crippen LogP contribution < -0.4 is 26.2 Å². The summed E-state index contributed by atoms with van der Waals surface area (Å²) in [6, 6.07) is 12.5. The van der Waals surface area contributed by atoms with Crippen molar-refractivity contribution in [3.8, 4) is 5.75 Å². The van der Waals surface area contributed by atoms with Crippen molar-refractivity contribution >= 4 is 34.3 Å². The van der Waals surface area contributed by atoms with E-state index in [1.54, 1.807) is 37.4 Å². The van der Waals surface area contributed by atoms with Gasteiger partial charge < -0.3 is 25.7 Å². The molecular formula is C22H25N5O3. The summed E-state index contributed by atoms with van der Waals surface area (Å²) >= 11 is 0.